The number of likely N-dealkylation sites (tertiary alicyclic amines) is 2. The number of anilines is 1. The van der Waals surface area contributed by atoms with Crippen molar-refractivity contribution in [1.82, 2.24) is 29.6 Å². The van der Waals surface area contributed by atoms with Gasteiger partial charge in [0.05, 0.1) is 31.3 Å². The van der Waals surface area contributed by atoms with Crippen LogP contribution in [-0.2, 0) is 29.7 Å². The molecular formula is C47H57N7O7. The quantitative estimate of drug-likeness (QED) is 0.205. The summed E-state index contributed by atoms with van der Waals surface area (Å²) in [7, 11) is 9.07. The molecule has 0 bridgehead atoms. The average molecular weight is 832 g/mol. The Labute approximate surface area is 356 Å². The van der Waals surface area contributed by atoms with Crippen LogP contribution < -0.4 is 30.0 Å². The van der Waals surface area contributed by atoms with Crippen LogP contribution in [-0.4, -0.2) is 115 Å². The molecule has 322 valence electrons. The molecule has 3 amide bonds. The number of imide groups is 1. The van der Waals surface area contributed by atoms with Crippen LogP contribution in [0.4, 0.5) is 5.82 Å². The van der Waals surface area contributed by atoms with Gasteiger partial charge >= 0.3 is 0 Å². The van der Waals surface area contributed by atoms with E-state index in [9.17, 15) is 19.2 Å². The lowest BCUT2D eigenvalue weighted by Gasteiger charge is -2.52. The van der Waals surface area contributed by atoms with E-state index in [4.69, 9.17) is 14.2 Å². The summed E-state index contributed by atoms with van der Waals surface area (Å²) in [5.41, 5.74) is 4.61. The van der Waals surface area contributed by atoms with Crippen molar-refractivity contribution in [2.24, 2.45) is 18.4 Å². The molecule has 1 unspecified atom stereocenters. The van der Waals surface area contributed by atoms with Crippen molar-refractivity contribution in [2.75, 3.05) is 65.9 Å². The Bertz CT molecular complexity index is 2400. The minimum Gasteiger partial charge on any atom is -0.496 e. The summed E-state index contributed by atoms with van der Waals surface area (Å²) in [5, 5.41) is 3.78. The maximum Gasteiger partial charge on any atom is 0.259 e. The zero-order chi connectivity index (χ0) is 42.6. The normalized spacial score (nSPS) is 21.1. The largest absolute Gasteiger partial charge is 0.496 e. The Morgan fingerprint density at radius 2 is 1.59 bits per heavy atom. The average Bonchev–Trinajstić information content (AvgIpc) is 3.57. The van der Waals surface area contributed by atoms with Gasteiger partial charge in [-0.1, -0.05) is 0 Å². The van der Waals surface area contributed by atoms with Crippen LogP contribution in [0.15, 0.2) is 53.6 Å². The number of carbonyl (C=O) groups excluding carboxylic acids is 3. The van der Waals surface area contributed by atoms with Crippen molar-refractivity contribution >= 4 is 34.3 Å². The monoisotopic (exact) mass is 831 g/mol. The number of hydrogen-bond donors (Lipinski definition) is 1. The first kappa shape index (κ1) is 40.9. The summed E-state index contributed by atoms with van der Waals surface area (Å²) < 4.78 is 20.1. The number of piperidine rings is 3. The lowest BCUT2D eigenvalue weighted by molar-refractivity contribution is -0.136. The van der Waals surface area contributed by atoms with E-state index in [1.165, 1.54) is 12.8 Å². The number of fused-ring (bicyclic) bond motifs is 2. The number of pyridine rings is 2. The highest BCUT2D eigenvalue weighted by Gasteiger charge is 2.47. The van der Waals surface area contributed by atoms with E-state index in [-0.39, 0.29) is 29.9 Å². The van der Waals surface area contributed by atoms with Crippen molar-refractivity contribution in [3.8, 4) is 28.4 Å². The molecule has 9 rings (SSSR count). The Balaban J connectivity index is 0.757. The van der Waals surface area contributed by atoms with E-state index in [1.807, 2.05) is 49.5 Å². The van der Waals surface area contributed by atoms with E-state index >= 15 is 0 Å². The predicted molar refractivity (Wildman–Crippen MR) is 232 cm³/mol. The predicted octanol–water partition coefficient (Wildman–Crippen LogP) is 4.98. The first-order chi connectivity index (χ1) is 29.4. The van der Waals surface area contributed by atoms with Crippen LogP contribution in [0.25, 0.3) is 21.9 Å². The van der Waals surface area contributed by atoms with Gasteiger partial charge in [0, 0.05) is 76.1 Å². The molecule has 2 aromatic carbocycles. The molecule has 1 atom stereocenters. The van der Waals surface area contributed by atoms with Gasteiger partial charge in [0.15, 0.2) is 0 Å². The molecule has 2 aromatic heterocycles. The number of methoxy groups -OCH3 is 2. The molecule has 61 heavy (non-hydrogen) atoms. The Kier molecular flexibility index (Phi) is 11.0. The number of nitrogens with zero attached hydrogens (tertiary/aromatic N) is 6. The minimum atomic E-state index is -0.615. The molecule has 1 aliphatic carbocycles. The summed E-state index contributed by atoms with van der Waals surface area (Å²) >= 11 is 0. The molecule has 1 spiro atoms. The van der Waals surface area contributed by atoms with Gasteiger partial charge in [-0.25, -0.2) is 4.98 Å². The third-order valence-electron chi connectivity index (χ3n) is 14.1. The summed E-state index contributed by atoms with van der Waals surface area (Å²) in [5.74, 6) is 2.94. The van der Waals surface area contributed by atoms with Crippen LogP contribution in [0.5, 0.6) is 17.2 Å². The summed E-state index contributed by atoms with van der Waals surface area (Å²) in [6, 6.07) is 11.1. The molecule has 4 fully saturated rings. The third kappa shape index (κ3) is 7.96. The van der Waals surface area contributed by atoms with E-state index in [0.717, 1.165) is 116 Å². The molecule has 3 saturated heterocycles. The van der Waals surface area contributed by atoms with Gasteiger partial charge in [-0.2, -0.15) is 0 Å². The maximum atomic E-state index is 13.1. The first-order valence-electron chi connectivity index (χ1n) is 21.7. The third-order valence-corrected chi connectivity index (χ3v) is 14.1. The molecule has 1 N–H and O–H groups in total. The first-order valence-corrected chi connectivity index (χ1v) is 21.7. The van der Waals surface area contributed by atoms with Crippen LogP contribution in [0.1, 0.15) is 72.9 Å². The fourth-order valence-corrected chi connectivity index (χ4v) is 10.5. The van der Waals surface area contributed by atoms with Crippen molar-refractivity contribution in [2.45, 2.75) is 76.6 Å². The molecule has 14 heteroatoms. The van der Waals surface area contributed by atoms with Crippen LogP contribution in [0.2, 0.25) is 0 Å². The number of nitrogens with one attached hydrogen (secondary N) is 1. The van der Waals surface area contributed by atoms with Gasteiger partial charge in [0.1, 0.15) is 29.1 Å². The minimum absolute atomic E-state index is 0.0871. The Morgan fingerprint density at radius 1 is 0.869 bits per heavy atom. The number of carbonyl (C=O) groups is 3. The molecule has 4 aromatic rings. The Hall–Kier alpha value is -5.47. The number of amides is 3. The Morgan fingerprint density at radius 3 is 2.26 bits per heavy atom. The van der Waals surface area contributed by atoms with Crippen molar-refractivity contribution in [3.05, 3.63) is 75.8 Å². The van der Waals surface area contributed by atoms with Crippen molar-refractivity contribution < 1.29 is 28.6 Å². The van der Waals surface area contributed by atoms with E-state index in [2.05, 4.69) is 32.2 Å². The standard InChI is InChI=1S/C47H57N7O7/c1-50(2)42-21-35-36(24-48-42)45(57)51(3)27-37(35)30-19-40(59-4)38(41(20-30)60-5)28-52-14-10-29(11-15-52)25-53-16-12-47(13-17-53)22-33(23-47)61-32-6-7-34-31(18-32)26-54(46(34)58)39-8-9-43(55)49-44(39)56/h6-7,18-21,24,27,29,33,39H,8-17,22-23,25-26,28H2,1-5H3,(H,49,55,56). The number of aryl methyl sites for hydroxylation is 1. The SMILES string of the molecule is COc1cc(-c2cn(C)c(=O)c3cnc(N(C)C)cc23)cc(OC)c1CN1CCC(CN2CCC3(CC2)CC(Oc2ccc4c(c2)CN(C2CCC(=O)NC2=O)C4=O)C3)CC1. The highest BCUT2D eigenvalue weighted by atomic mass is 16.5. The summed E-state index contributed by atoms with van der Waals surface area (Å²) in [6.45, 7) is 6.54. The van der Waals surface area contributed by atoms with Gasteiger partial charge in [-0.3, -0.25) is 29.4 Å². The van der Waals surface area contributed by atoms with E-state index in [0.29, 0.717) is 35.2 Å². The van der Waals surface area contributed by atoms with Crippen molar-refractivity contribution in [1.29, 1.82) is 0 Å². The van der Waals surface area contributed by atoms with Gasteiger partial charge in [0.25, 0.3) is 11.5 Å². The highest BCUT2D eigenvalue weighted by molar-refractivity contribution is 6.05. The van der Waals surface area contributed by atoms with Crippen LogP contribution in [0, 0.1) is 11.3 Å². The summed E-state index contributed by atoms with van der Waals surface area (Å²) in [4.78, 5) is 63.5. The zero-order valence-corrected chi connectivity index (χ0v) is 36.0. The van der Waals surface area contributed by atoms with E-state index in [1.54, 1.807) is 36.9 Å². The number of rotatable bonds is 11. The van der Waals surface area contributed by atoms with Gasteiger partial charge in [-0.15, -0.1) is 0 Å². The van der Waals surface area contributed by atoms with Crippen LogP contribution >= 0.6 is 0 Å². The maximum absolute atomic E-state index is 13.1. The zero-order valence-electron chi connectivity index (χ0n) is 36.0. The molecule has 6 heterocycles. The molecule has 4 aliphatic heterocycles. The topological polar surface area (TPSA) is 139 Å². The van der Waals surface area contributed by atoms with Gasteiger partial charge in [-0.05, 0) is 130 Å². The number of hydrogen-bond acceptors (Lipinski definition) is 11. The molecule has 14 nitrogen and oxygen atoms in total. The fourth-order valence-electron chi connectivity index (χ4n) is 10.5. The van der Waals surface area contributed by atoms with Gasteiger partial charge < -0.3 is 33.5 Å². The number of ether oxygens (including phenoxy) is 3. The number of benzene rings is 2. The lowest BCUT2D eigenvalue weighted by Crippen LogP contribution is -2.52. The van der Waals surface area contributed by atoms with Gasteiger partial charge in [0.2, 0.25) is 11.8 Å². The number of aromatic nitrogens is 2. The fraction of sp³-hybridized carbons (Fsp3) is 0.511. The molecule has 5 aliphatic rings. The lowest BCUT2D eigenvalue weighted by atomic mass is 9.61. The second-order valence-corrected chi connectivity index (χ2v) is 18.2. The summed E-state index contributed by atoms with van der Waals surface area (Å²) in [6.07, 6.45) is 11.1. The highest BCUT2D eigenvalue weighted by Crippen LogP contribution is 2.51. The molecule has 0 radical (unpaired) electrons. The molecular weight excluding hydrogens is 775 g/mol. The second kappa shape index (κ2) is 16.4. The smallest absolute Gasteiger partial charge is 0.259 e. The van der Waals surface area contributed by atoms with Crippen LogP contribution in [0.3, 0.4) is 0 Å². The molecule has 1 saturated carbocycles. The second-order valence-electron chi connectivity index (χ2n) is 18.2. The van der Waals surface area contributed by atoms with E-state index < -0.39 is 11.9 Å². The van der Waals surface area contributed by atoms with Crippen molar-refractivity contribution in [3.63, 3.8) is 0 Å².